The van der Waals surface area contributed by atoms with Crippen LogP contribution >= 0.6 is 0 Å². The van der Waals surface area contributed by atoms with Crippen molar-refractivity contribution in [2.24, 2.45) is 0 Å². The van der Waals surface area contributed by atoms with Crippen LogP contribution in [0.5, 0.6) is 0 Å². The Hall–Kier alpha value is -2.16. The van der Waals surface area contributed by atoms with E-state index in [0.717, 1.165) is 38.0 Å². The van der Waals surface area contributed by atoms with Crippen molar-refractivity contribution in [2.75, 3.05) is 13.1 Å². The van der Waals surface area contributed by atoms with E-state index in [-0.39, 0.29) is 5.91 Å². The summed E-state index contributed by atoms with van der Waals surface area (Å²) < 4.78 is 0. The Balaban J connectivity index is 1.71. The molecule has 0 spiro atoms. The van der Waals surface area contributed by atoms with Crippen LogP contribution in [0.15, 0.2) is 36.4 Å². The summed E-state index contributed by atoms with van der Waals surface area (Å²) in [6.45, 7) is 7.86. The van der Waals surface area contributed by atoms with Crippen LogP contribution in [0, 0.1) is 13.8 Å². The molecule has 3 rings (SSSR count). The van der Waals surface area contributed by atoms with Gasteiger partial charge in [0, 0.05) is 36.8 Å². The SMILES string of the molecule is CCC(=O)N1CCC(c2cc(Cc3ccc(C)cc3)cc(C)n2)CC1. The first-order valence-corrected chi connectivity index (χ1v) is 9.36. The maximum Gasteiger partial charge on any atom is 0.222 e. The minimum Gasteiger partial charge on any atom is -0.343 e. The van der Waals surface area contributed by atoms with Crippen LogP contribution in [0.4, 0.5) is 0 Å². The zero-order valence-corrected chi connectivity index (χ0v) is 15.6. The fraction of sp³-hybridized carbons (Fsp3) is 0.455. The van der Waals surface area contributed by atoms with Crippen LogP contribution in [0.1, 0.15) is 60.2 Å². The van der Waals surface area contributed by atoms with Crippen LogP contribution in [0.3, 0.4) is 0 Å². The molecule has 1 aromatic carbocycles. The van der Waals surface area contributed by atoms with Crippen molar-refractivity contribution in [3.63, 3.8) is 0 Å². The summed E-state index contributed by atoms with van der Waals surface area (Å²) >= 11 is 0. The number of carbonyl (C=O) groups excluding carboxylic acids is 1. The Kier molecular flexibility index (Phi) is 5.52. The molecular formula is C22H28N2O. The number of aryl methyl sites for hydroxylation is 2. The maximum absolute atomic E-state index is 11.9. The number of benzene rings is 1. The normalized spacial score (nSPS) is 15.4. The second kappa shape index (κ2) is 7.81. The molecule has 0 unspecified atom stereocenters. The molecule has 0 bridgehead atoms. The van der Waals surface area contributed by atoms with E-state index in [1.54, 1.807) is 0 Å². The highest BCUT2D eigenvalue weighted by atomic mass is 16.2. The van der Waals surface area contributed by atoms with Gasteiger partial charge in [-0.05, 0) is 56.4 Å². The first kappa shape index (κ1) is 17.7. The summed E-state index contributed by atoms with van der Waals surface area (Å²) in [5.41, 5.74) is 6.25. The Bertz CT molecular complexity index is 728. The lowest BCUT2D eigenvalue weighted by molar-refractivity contribution is -0.131. The third-order valence-corrected chi connectivity index (χ3v) is 5.13. The Morgan fingerprint density at radius 1 is 1.08 bits per heavy atom. The predicted molar refractivity (Wildman–Crippen MR) is 102 cm³/mol. The summed E-state index contributed by atoms with van der Waals surface area (Å²) in [5, 5.41) is 0. The summed E-state index contributed by atoms with van der Waals surface area (Å²) in [6.07, 6.45) is 3.59. The number of rotatable bonds is 4. The van der Waals surface area contributed by atoms with E-state index in [2.05, 4.69) is 50.2 Å². The number of carbonyl (C=O) groups is 1. The van der Waals surface area contributed by atoms with Crippen molar-refractivity contribution >= 4 is 5.91 Å². The number of hydrogen-bond acceptors (Lipinski definition) is 2. The van der Waals surface area contributed by atoms with Gasteiger partial charge in [0.1, 0.15) is 0 Å². The number of amides is 1. The van der Waals surface area contributed by atoms with Gasteiger partial charge in [-0.25, -0.2) is 0 Å². The molecule has 2 aromatic rings. The third-order valence-electron chi connectivity index (χ3n) is 5.13. The zero-order chi connectivity index (χ0) is 17.8. The summed E-state index contributed by atoms with van der Waals surface area (Å²) in [5.74, 6) is 0.744. The van der Waals surface area contributed by atoms with Gasteiger partial charge < -0.3 is 4.90 Å². The average Bonchev–Trinajstić information content (AvgIpc) is 2.62. The first-order chi connectivity index (χ1) is 12.0. The number of nitrogens with zero attached hydrogens (tertiary/aromatic N) is 2. The van der Waals surface area contributed by atoms with E-state index in [9.17, 15) is 4.79 Å². The van der Waals surface area contributed by atoms with Gasteiger partial charge in [0.2, 0.25) is 5.91 Å². The van der Waals surface area contributed by atoms with E-state index in [0.29, 0.717) is 12.3 Å². The molecule has 0 atom stereocenters. The molecule has 3 nitrogen and oxygen atoms in total. The van der Waals surface area contributed by atoms with Crippen molar-refractivity contribution in [3.8, 4) is 0 Å². The molecule has 3 heteroatoms. The number of pyridine rings is 1. The van der Waals surface area contributed by atoms with Crippen molar-refractivity contribution in [2.45, 2.75) is 52.4 Å². The number of piperidine rings is 1. The topological polar surface area (TPSA) is 33.2 Å². The molecule has 0 saturated carbocycles. The Morgan fingerprint density at radius 2 is 1.76 bits per heavy atom. The van der Waals surface area contributed by atoms with Crippen LogP contribution in [0.2, 0.25) is 0 Å². The Morgan fingerprint density at radius 3 is 2.40 bits per heavy atom. The molecule has 0 N–H and O–H groups in total. The van der Waals surface area contributed by atoms with Crippen molar-refractivity contribution < 1.29 is 4.79 Å². The second-order valence-electron chi connectivity index (χ2n) is 7.21. The Labute approximate surface area is 151 Å². The van der Waals surface area contributed by atoms with Gasteiger partial charge in [0.25, 0.3) is 0 Å². The van der Waals surface area contributed by atoms with Gasteiger partial charge in [-0.3, -0.25) is 9.78 Å². The van der Waals surface area contributed by atoms with Crippen LogP contribution in [0.25, 0.3) is 0 Å². The molecule has 1 saturated heterocycles. The molecule has 132 valence electrons. The summed E-state index contributed by atoms with van der Waals surface area (Å²) in [7, 11) is 0. The fourth-order valence-corrected chi connectivity index (χ4v) is 3.67. The van der Waals surface area contributed by atoms with Gasteiger partial charge in [-0.1, -0.05) is 36.8 Å². The lowest BCUT2D eigenvalue weighted by atomic mass is 9.91. The molecule has 0 radical (unpaired) electrons. The molecule has 0 aliphatic carbocycles. The van der Waals surface area contributed by atoms with Crippen molar-refractivity contribution in [1.29, 1.82) is 0 Å². The molecular weight excluding hydrogens is 308 g/mol. The van der Waals surface area contributed by atoms with Crippen molar-refractivity contribution in [1.82, 2.24) is 9.88 Å². The molecule has 1 amide bonds. The fourth-order valence-electron chi connectivity index (χ4n) is 3.67. The molecule has 1 aromatic heterocycles. The number of aromatic nitrogens is 1. The largest absolute Gasteiger partial charge is 0.343 e. The average molecular weight is 336 g/mol. The predicted octanol–water partition coefficient (Wildman–Crippen LogP) is 4.41. The van der Waals surface area contributed by atoms with Gasteiger partial charge in [0.15, 0.2) is 0 Å². The van der Waals surface area contributed by atoms with Crippen LogP contribution in [-0.2, 0) is 11.2 Å². The molecule has 1 aliphatic rings. The lowest BCUT2D eigenvalue weighted by Crippen LogP contribution is -2.37. The monoisotopic (exact) mass is 336 g/mol. The second-order valence-corrected chi connectivity index (χ2v) is 7.21. The van der Waals surface area contributed by atoms with Gasteiger partial charge >= 0.3 is 0 Å². The molecule has 1 aliphatic heterocycles. The summed E-state index contributed by atoms with van der Waals surface area (Å²) in [4.78, 5) is 18.7. The first-order valence-electron chi connectivity index (χ1n) is 9.36. The number of likely N-dealkylation sites (tertiary alicyclic amines) is 1. The highest BCUT2D eigenvalue weighted by Gasteiger charge is 2.24. The van der Waals surface area contributed by atoms with Crippen molar-refractivity contribution in [3.05, 3.63) is 64.5 Å². The highest BCUT2D eigenvalue weighted by molar-refractivity contribution is 5.75. The van der Waals surface area contributed by atoms with Gasteiger partial charge in [-0.2, -0.15) is 0 Å². The van der Waals surface area contributed by atoms with Crippen LogP contribution < -0.4 is 0 Å². The third kappa shape index (κ3) is 4.47. The molecule has 25 heavy (non-hydrogen) atoms. The van der Waals surface area contributed by atoms with E-state index < -0.39 is 0 Å². The molecule has 2 heterocycles. The van der Waals surface area contributed by atoms with Crippen LogP contribution in [-0.4, -0.2) is 28.9 Å². The van der Waals surface area contributed by atoms with E-state index >= 15 is 0 Å². The standard InChI is InChI=1S/C22H28N2O/c1-4-22(25)24-11-9-20(10-12-24)21-15-19(13-17(3)23-21)14-18-7-5-16(2)6-8-18/h5-8,13,15,20H,4,9-12,14H2,1-3H3. The van der Waals surface area contributed by atoms with Gasteiger partial charge in [0.05, 0.1) is 0 Å². The van der Waals surface area contributed by atoms with E-state index in [1.165, 1.54) is 22.4 Å². The van der Waals surface area contributed by atoms with E-state index in [4.69, 9.17) is 4.98 Å². The molecule has 1 fully saturated rings. The minimum absolute atomic E-state index is 0.274. The maximum atomic E-state index is 11.9. The van der Waals surface area contributed by atoms with E-state index in [1.807, 2.05) is 11.8 Å². The van der Waals surface area contributed by atoms with Gasteiger partial charge in [-0.15, -0.1) is 0 Å². The highest BCUT2D eigenvalue weighted by Crippen LogP contribution is 2.28. The minimum atomic E-state index is 0.274. The quantitative estimate of drug-likeness (QED) is 0.829. The smallest absolute Gasteiger partial charge is 0.222 e. The number of hydrogen-bond donors (Lipinski definition) is 0. The lowest BCUT2D eigenvalue weighted by Gasteiger charge is -2.32. The zero-order valence-electron chi connectivity index (χ0n) is 15.6. The summed E-state index contributed by atoms with van der Waals surface area (Å²) in [6, 6.07) is 13.2.